The molecule has 0 bridgehead atoms. The Morgan fingerprint density at radius 1 is 1.29 bits per heavy atom. The van der Waals surface area contributed by atoms with Gasteiger partial charge in [-0.2, -0.15) is 4.39 Å². The van der Waals surface area contributed by atoms with Gasteiger partial charge in [0.05, 0.1) is 16.8 Å². The van der Waals surface area contributed by atoms with Crippen LogP contribution in [-0.4, -0.2) is 15.8 Å². The molecule has 0 saturated heterocycles. The highest BCUT2D eigenvalue weighted by atomic mass is 35.5. The lowest BCUT2D eigenvalue weighted by Gasteiger charge is -2.07. The zero-order chi connectivity index (χ0) is 15.6. The molecule has 1 aromatic heterocycles. The highest BCUT2D eigenvalue weighted by Crippen LogP contribution is 2.24. The number of nitrogens with zero attached hydrogens (tertiary/aromatic N) is 2. The van der Waals surface area contributed by atoms with Gasteiger partial charge in [-0.05, 0) is 18.2 Å². The molecule has 0 aliphatic rings. The summed E-state index contributed by atoms with van der Waals surface area (Å²) in [6.07, 6.45) is 1.17. The molecule has 0 saturated carbocycles. The first-order valence-corrected chi connectivity index (χ1v) is 5.83. The quantitative estimate of drug-likeness (QED) is 0.536. The second-order valence-electron chi connectivity index (χ2n) is 3.84. The number of rotatable bonds is 3. The van der Waals surface area contributed by atoms with Crippen molar-refractivity contribution in [3.05, 3.63) is 62.9 Å². The van der Waals surface area contributed by atoms with Crippen molar-refractivity contribution >= 4 is 28.9 Å². The molecule has 0 radical (unpaired) electrons. The number of halogens is 3. The van der Waals surface area contributed by atoms with Crippen LogP contribution >= 0.6 is 11.6 Å². The average Bonchev–Trinajstić information content (AvgIpc) is 2.41. The molecule has 1 aromatic carbocycles. The Bertz CT molecular complexity index is 722. The van der Waals surface area contributed by atoms with Gasteiger partial charge in [-0.15, -0.1) is 0 Å². The fraction of sp³-hybridized carbons (Fsp3) is 0. The van der Waals surface area contributed by atoms with Gasteiger partial charge in [0.25, 0.3) is 5.91 Å². The van der Waals surface area contributed by atoms with E-state index in [0.29, 0.717) is 12.1 Å². The van der Waals surface area contributed by atoms with Crippen molar-refractivity contribution in [1.82, 2.24) is 4.98 Å². The van der Waals surface area contributed by atoms with E-state index in [2.05, 4.69) is 10.3 Å². The summed E-state index contributed by atoms with van der Waals surface area (Å²) in [5.74, 6) is -3.92. The largest absolute Gasteiger partial charge is 0.320 e. The minimum Gasteiger partial charge on any atom is -0.320 e. The molecule has 21 heavy (non-hydrogen) atoms. The van der Waals surface area contributed by atoms with E-state index >= 15 is 0 Å². The summed E-state index contributed by atoms with van der Waals surface area (Å²) in [4.78, 5) is 25.1. The summed E-state index contributed by atoms with van der Waals surface area (Å²) in [6.45, 7) is 0. The Balaban J connectivity index is 2.37. The van der Waals surface area contributed by atoms with Crippen LogP contribution in [0.25, 0.3) is 0 Å². The predicted octanol–water partition coefficient (Wildman–Crippen LogP) is 3.17. The molecule has 0 aliphatic carbocycles. The van der Waals surface area contributed by atoms with Gasteiger partial charge in [0.2, 0.25) is 5.82 Å². The first-order chi connectivity index (χ1) is 9.90. The second kappa shape index (κ2) is 5.80. The maximum atomic E-state index is 13.8. The maximum Gasteiger partial charge on any atom is 0.305 e. The molecule has 0 spiro atoms. The number of hydrogen-bond donors (Lipinski definition) is 1. The van der Waals surface area contributed by atoms with E-state index < -0.39 is 33.7 Å². The zero-order valence-corrected chi connectivity index (χ0v) is 10.9. The number of anilines is 1. The van der Waals surface area contributed by atoms with Crippen LogP contribution in [0.5, 0.6) is 0 Å². The summed E-state index contributed by atoms with van der Waals surface area (Å²) in [5.41, 5.74) is -1.90. The number of pyridine rings is 1. The highest BCUT2D eigenvalue weighted by molar-refractivity contribution is 6.29. The number of nitro benzene ring substituents is 1. The number of nitrogens with one attached hydrogen (secondary N) is 1. The van der Waals surface area contributed by atoms with E-state index in [1.54, 1.807) is 0 Å². The predicted molar refractivity (Wildman–Crippen MR) is 70.2 cm³/mol. The van der Waals surface area contributed by atoms with Gasteiger partial charge in [0.15, 0.2) is 0 Å². The fourth-order valence-corrected chi connectivity index (χ4v) is 1.65. The number of aromatic nitrogens is 1. The van der Waals surface area contributed by atoms with E-state index in [1.165, 1.54) is 18.3 Å². The zero-order valence-electron chi connectivity index (χ0n) is 10.1. The molecule has 108 valence electrons. The normalized spacial score (nSPS) is 10.2. The summed E-state index contributed by atoms with van der Waals surface area (Å²) in [6, 6.07) is 4.01. The van der Waals surface area contributed by atoms with Crippen molar-refractivity contribution < 1.29 is 18.5 Å². The summed E-state index contributed by atoms with van der Waals surface area (Å²) in [5, 5.41) is 12.9. The van der Waals surface area contributed by atoms with Gasteiger partial charge in [-0.25, -0.2) is 9.37 Å². The van der Waals surface area contributed by atoms with Crippen molar-refractivity contribution in [3.8, 4) is 0 Å². The number of carbonyl (C=O) groups excluding carboxylic acids is 1. The summed E-state index contributed by atoms with van der Waals surface area (Å²) < 4.78 is 27.4. The number of benzene rings is 1. The topological polar surface area (TPSA) is 85.1 Å². The van der Waals surface area contributed by atoms with Gasteiger partial charge in [-0.1, -0.05) is 11.6 Å². The van der Waals surface area contributed by atoms with Crippen molar-refractivity contribution in [2.24, 2.45) is 0 Å². The van der Waals surface area contributed by atoms with Gasteiger partial charge in [0.1, 0.15) is 16.5 Å². The lowest BCUT2D eigenvalue weighted by molar-refractivity contribution is -0.387. The number of nitro groups is 1. The van der Waals surface area contributed by atoms with E-state index in [4.69, 9.17) is 11.6 Å². The molecule has 2 rings (SSSR count). The lowest BCUT2D eigenvalue weighted by Crippen LogP contribution is -2.17. The average molecular weight is 314 g/mol. The number of carbonyl (C=O) groups is 1. The highest BCUT2D eigenvalue weighted by Gasteiger charge is 2.26. The van der Waals surface area contributed by atoms with Crippen molar-refractivity contribution in [1.29, 1.82) is 0 Å². The molecule has 2 aromatic rings. The minimum atomic E-state index is -1.54. The van der Waals surface area contributed by atoms with Crippen molar-refractivity contribution in [3.63, 3.8) is 0 Å². The van der Waals surface area contributed by atoms with Crippen LogP contribution in [0.4, 0.5) is 20.2 Å². The van der Waals surface area contributed by atoms with Crippen molar-refractivity contribution in [2.45, 2.75) is 0 Å². The van der Waals surface area contributed by atoms with E-state index in [-0.39, 0.29) is 10.8 Å². The SMILES string of the molecule is O=C(Nc1ccc(Cl)nc1)c1c(F)ccc([N+](=O)[O-])c1F. The molecule has 1 N–H and O–H groups in total. The van der Waals surface area contributed by atoms with E-state index in [9.17, 15) is 23.7 Å². The molecular weight excluding hydrogens is 308 g/mol. The maximum absolute atomic E-state index is 13.8. The Labute approximate surface area is 121 Å². The Morgan fingerprint density at radius 3 is 2.57 bits per heavy atom. The Hall–Kier alpha value is -2.61. The summed E-state index contributed by atoms with van der Waals surface area (Å²) >= 11 is 5.55. The minimum absolute atomic E-state index is 0.134. The molecular formula is C12H6ClF2N3O3. The monoisotopic (exact) mass is 313 g/mol. The first kappa shape index (κ1) is 14.8. The van der Waals surface area contributed by atoms with Gasteiger partial charge < -0.3 is 5.32 Å². The molecule has 0 fully saturated rings. The van der Waals surface area contributed by atoms with Crippen LogP contribution in [0.2, 0.25) is 5.15 Å². The van der Waals surface area contributed by atoms with Crippen LogP contribution in [0, 0.1) is 21.7 Å². The first-order valence-electron chi connectivity index (χ1n) is 5.45. The third-order valence-corrected chi connectivity index (χ3v) is 2.70. The smallest absolute Gasteiger partial charge is 0.305 e. The standard InChI is InChI=1S/C12H6ClF2N3O3/c13-9-4-1-6(5-16-9)17-12(19)10-7(14)2-3-8(11(10)15)18(20)21/h1-5H,(H,17,19). The summed E-state index contributed by atoms with van der Waals surface area (Å²) in [7, 11) is 0. The second-order valence-corrected chi connectivity index (χ2v) is 4.22. The van der Waals surface area contributed by atoms with E-state index in [1.807, 2.05) is 0 Å². The van der Waals surface area contributed by atoms with E-state index in [0.717, 1.165) is 0 Å². The molecule has 0 atom stereocenters. The van der Waals surface area contributed by atoms with Crippen molar-refractivity contribution in [2.75, 3.05) is 5.32 Å². The molecule has 1 amide bonds. The van der Waals surface area contributed by atoms with Gasteiger partial charge in [-0.3, -0.25) is 14.9 Å². The van der Waals surface area contributed by atoms with Gasteiger partial charge in [0, 0.05) is 6.07 Å². The Morgan fingerprint density at radius 2 is 2.00 bits per heavy atom. The lowest BCUT2D eigenvalue weighted by atomic mass is 10.1. The molecule has 0 aliphatic heterocycles. The van der Waals surface area contributed by atoms with Crippen LogP contribution in [0.1, 0.15) is 10.4 Å². The Kier molecular flexibility index (Phi) is 4.08. The fourth-order valence-electron chi connectivity index (χ4n) is 1.53. The van der Waals surface area contributed by atoms with Crippen LogP contribution in [0.15, 0.2) is 30.5 Å². The molecule has 1 heterocycles. The number of hydrogen-bond acceptors (Lipinski definition) is 4. The van der Waals surface area contributed by atoms with Crippen LogP contribution in [0.3, 0.4) is 0 Å². The van der Waals surface area contributed by atoms with Crippen LogP contribution in [-0.2, 0) is 0 Å². The third kappa shape index (κ3) is 3.11. The van der Waals surface area contributed by atoms with Gasteiger partial charge >= 0.3 is 5.69 Å². The third-order valence-electron chi connectivity index (χ3n) is 2.48. The van der Waals surface area contributed by atoms with Crippen LogP contribution < -0.4 is 5.32 Å². The molecule has 9 heteroatoms. The molecule has 0 unspecified atom stereocenters. The number of amides is 1. The molecule has 6 nitrogen and oxygen atoms in total.